The van der Waals surface area contributed by atoms with Crippen LogP contribution in [0.25, 0.3) is 11.0 Å². The zero-order chi connectivity index (χ0) is 41.3. The van der Waals surface area contributed by atoms with Gasteiger partial charge in [0.25, 0.3) is 17.4 Å². The molecule has 16 nitrogen and oxygen atoms in total. The molecular formula is C43H41N7O9. The number of nitrogens with one attached hydrogen (secondary N) is 1. The zero-order valence-electron chi connectivity index (χ0n) is 32.7. The summed E-state index contributed by atoms with van der Waals surface area (Å²) in [5.41, 5.74) is 3.76. The molecule has 5 heterocycles. The highest BCUT2D eigenvalue weighted by Crippen LogP contribution is 2.62. The molecule has 9 rings (SSSR count). The van der Waals surface area contributed by atoms with Crippen LogP contribution in [0.2, 0.25) is 0 Å². The van der Waals surface area contributed by atoms with E-state index in [1.165, 1.54) is 28.2 Å². The van der Waals surface area contributed by atoms with Crippen LogP contribution in [0.5, 0.6) is 11.5 Å². The monoisotopic (exact) mass is 799 g/mol. The summed E-state index contributed by atoms with van der Waals surface area (Å²) in [6.07, 6.45) is 1.80. The van der Waals surface area contributed by atoms with Gasteiger partial charge in [-0.2, -0.15) is 5.01 Å². The summed E-state index contributed by atoms with van der Waals surface area (Å²) in [6, 6.07) is 22.2. The summed E-state index contributed by atoms with van der Waals surface area (Å²) in [4.78, 5) is 76.8. The van der Waals surface area contributed by atoms with Crippen LogP contribution in [-0.2, 0) is 48.2 Å². The number of aromatic nitrogens is 5. The Hall–Kier alpha value is -6.94. The molecular weight excluding hydrogens is 759 g/mol. The van der Waals surface area contributed by atoms with E-state index in [1.54, 1.807) is 43.4 Å². The number of aliphatic hydroxyl groups is 1. The molecule has 2 fully saturated rings. The highest BCUT2D eigenvalue weighted by atomic mass is 16.5. The lowest BCUT2D eigenvalue weighted by atomic mass is 9.54. The van der Waals surface area contributed by atoms with Crippen molar-refractivity contribution in [2.45, 2.75) is 56.8 Å². The normalized spacial score (nSPS) is 20.9. The number of ether oxygens (including phenoxy) is 2. The number of hydrogen-bond acceptors (Lipinski definition) is 11. The third kappa shape index (κ3) is 5.61. The van der Waals surface area contributed by atoms with Gasteiger partial charge >= 0.3 is 11.4 Å². The quantitative estimate of drug-likeness (QED) is 0.153. The minimum Gasteiger partial charge on any atom is -0.493 e. The topological polar surface area (TPSA) is 185 Å². The van der Waals surface area contributed by atoms with Crippen molar-refractivity contribution >= 4 is 28.5 Å². The number of benzene rings is 3. The number of methoxy groups -OCH3 is 2. The third-order valence-corrected chi connectivity index (χ3v) is 12.1. The second-order valence-electron chi connectivity index (χ2n) is 15.1. The van der Waals surface area contributed by atoms with Crippen molar-refractivity contribution < 1.29 is 28.6 Å². The van der Waals surface area contributed by atoms with Gasteiger partial charge in [-0.1, -0.05) is 54.1 Å². The van der Waals surface area contributed by atoms with E-state index in [9.17, 15) is 24.3 Å². The molecule has 0 radical (unpaired) electrons. The van der Waals surface area contributed by atoms with Crippen LogP contribution in [-0.4, -0.2) is 59.6 Å². The average molecular weight is 800 g/mol. The van der Waals surface area contributed by atoms with E-state index in [-0.39, 0.29) is 37.4 Å². The van der Waals surface area contributed by atoms with Crippen molar-refractivity contribution in [1.29, 1.82) is 0 Å². The highest BCUT2D eigenvalue weighted by molar-refractivity contribution is 6.12. The SMILES string of the molecule is COc1cc2nc(CCn3c(=O)n4n(c3=O)[C@@H]3C[C@H]5C(=O)N(Nc6ccc(C)cc6)C(=O)[C@@]5(c5ccccc5)[C@@H](c5ccc(CO)o5)C3=CC4)c(=O)n(C)c2cc1OC. The van der Waals surface area contributed by atoms with Gasteiger partial charge in [0.05, 0.1) is 55.4 Å². The van der Waals surface area contributed by atoms with E-state index in [1.807, 2.05) is 55.5 Å². The molecule has 0 bridgehead atoms. The van der Waals surface area contributed by atoms with E-state index >= 15 is 4.79 Å². The van der Waals surface area contributed by atoms with Crippen LogP contribution < -0.4 is 31.8 Å². The maximum Gasteiger partial charge on any atom is 0.347 e. The highest BCUT2D eigenvalue weighted by Gasteiger charge is 2.69. The fraction of sp³-hybridized carbons (Fsp3) is 0.302. The molecule has 16 heteroatoms. The number of amides is 2. The van der Waals surface area contributed by atoms with Crippen LogP contribution in [0.15, 0.2) is 109 Å². The summed E-state index contributed by atoms with van der Waals surface area (Å²) in [5.74, 6) is -1.50. The first kappa shape index (κ1) is 37.6. The molecule has 4 atom stereocenters. The largest absolute Gasteiger partial charge is 0.493 e. The van der Waals surface area contributed by atoms with E-state index in [4.69, 9.17) is 13.9 Å². The molecule has 3 aromatic heterocycles. The predicted molar refractivity (Wildman–Crippen MR) is 214 cm³/mol. The average Bonchev–Trinajstić information content (AvgIpc) is 3.89. The zero-order valence-corrected chi connectivity index (χ0v) is 32.7. The molecule has 6 aromatic rings. The van der Waals surface area contributed by atoms with Crippen LogP contribution in [0, 0.1) is 12.8 Å². The fourth-order valence-corrected chi connectivity index (χ4v) is 9.28. The molecule has 1 saturated carbocycles. The third-order valence-electron chi connectivity index (χ3n) is 12.1. The number of aryl methyl sites for hydroxylation is 3. The van der Waals surface area contributed by atoms with Crippen molar-refractivity contribution in [1.82, 2.24) is 28.5 Å². The molecule has 3 aliphatic rings. The van der Waals surface area contributed by atoms with E-state index in [2.05, 4.69) is 10.4 Å². The van der Waals surface area contributed by atoms with Gasteiger partial charge < -0.3 is 23.6 Å². The Kier molecular flexibility index (Phi) is 9.03. The summed E-state index contributed by atoms with van der Waals surface area (Å²) in [5, 5.41) is 11.1. The number of carbonyl (C=O) groups excluding carboxylic acids is 2. The number of hydrogen-bond donors (Lipinski definition) is 2. The van der Waals surface area contributed by atoms with Gasteiger partial charge in [0, 0.05) is 32.1 Å². The Morgan fingerprint density at radius 1 is 0.932 bits per heavy atom. The second kappa shape index (κ2) is 14.2. The molecule has 2 amide bonds. The molecule has 2 N–H and O–H groups in total. The second-order valence-corrected chi connectivity index (χ2v) is 15.1. The lowest BCUT2D eigenvalue weighted by Crippen LogP contribution is -2.53. The van der Waals surface area contributed by atoms with Gasteiger partial charge in [-0.05, 0) is 48.7 Å². The summed E-state index contributed by atoms with van der Waals surface area (Å²) in [6.45, 7) is 1.37. The molecule has 2 aliphatic heterocycles. The van der Waals surface area contributed by atoms with Crippen molar-refractivity contribution in [3.63, 3.8) is 0 Å². The number of hydrazine groups is 1. The number of nitrogens with zero attached hydrogens (tertiary/aromatic N) is 6. The van der Waals surface area contributed by atoms with Gasteiger partial charge in [0.15, 0.2) is 11.5 Å². The lowest BCUT2D eigenvalue weighted by Gasteiger charge is -2.47. The Bertz CT molecular complexity index is 2880. The number of rotatable bonds is 10. The van der Waals surface area contributed by atoms with E-state index < -0.39 is 58.7 Å². The number of imide groups is 1. The summed E-state index contributed by atoms with van der Waals surface area (Å²) < 4.78 is 22.3. The first-order chi connectivity index (χ1) is 28.5. The van der Waals surface area contributed by atoms with Gasteiger partial charge in [0.2, 0.25) is 0 Å². The van der Waals surface area contributed by atoms with Crippen molar-refractivity contribution in [3.8, 4) is 11.5 Å². The first-order valence-corrected chi connectivity index (χ1v) is 19.2. The molecule has 0 spiro atoms. The van der Waals surface area contributed by atoms with Crippen LogP contribution in [0.1, 0.15) is 46.7 Å². The maximum atomic E-state index is 15.2. The Labute approximate surface area is 336 Å². The Balaban J connectivity index is 1.15. The van der Waals surface area contributed by atoms with Crippen molar-refractivity contribution in [2.24, 2.45) is 13.0 Å². The standard InChI is InChI=1S/C43H41N7O9/c1-24-10-12-26(13-11-24)45-49-38(52)29-20-32-28(37(34-15-14-27(23-51)59-34)43(29,40(49)54)25-8-6-5-7-9-25)16-19-48-41(55)47(42(56)50(32)48)18-17-30-39(53)46(2)33-22-36(58-4)35(57-3)21-31(33)44-30/h5-16,21-22,29,32,37,45,51H,17-20,23H2,1-4H3/t29-,32+,37+,43+/m0/s1. The molecule has 302 valence electrons. The Morgan fingerprint density at radius 2 is 1.66 bits per heavy atom. The minimum absolute atomic E-state index is 0.00285. The molecule has 1 saturated heterocycles. The molecule has 1 aliphatic carbocycles. The minimum atomic E-state index is -1.54. The van der Waals surface area contributed by atoms with Crippen molar-refractivity contribution in [3.05, 3.63) is 150 Å². The first-order valence-electron chi connectivity index (χ1n) is 19.2. The van der Waals surface area contributed by atoms with Crippen LogP contribution in [0.3, 0.4) is 0 Å². The molecule has 3 aromatic carbocycles. The number of anilines is 1. The number of carbonyl (C=O) groups is 2. The number of aliphatic hydroxyl groups excluding tert-OH is 1. The lowest BCUT2D eigenvalue weighted by molar-refractivity contribution is -0.138. The van der Waals surface area contributed by atoms with Gasteiger partial charge in [0.1, 0.15) is 29.2 Å². The van der Waals surface area contributed by atoms with Crippen molar-refractivity contribution in [2.75, 3.05) is 19.6 Å². The summed E-state index contributed by atoms with van der Waals surface area (Å²) >= 11 is 0. The Morgan fingerprint density at radius 3 is 2.36 bits per heavy atom. The molecule has 0 unspecified atom stereocenters. The van der Waals surface area contributed by atoms with E-state index in [0.717, 1.165) is 15.1 Å². The van der Waals surface area contributed by atoms with Gasteiger partial charge in [-0.15, -0.1) is 0 Å². The van der Waals surface area contributed by atoms with Crippen LogP contribution in [0.4, 0.5) is 5.69 Å². The number of allylic oxidation sites excluding steroid dienone is 2. The van der Waals surface area contributed by atoms with Gasteiger partial charge in [-0.25, -0.2) is 28.5 Å². The smallest absolute Gasteiger partial charge is 0.347 e. The number of fused-ring (bicyclic) bond motifs is 5. The predicted octanol–water partition coefficient (Wildman–Crippen LogP) is 3.33. The number of furan rings is 1. The molecule has 59 heavy (non-hydrogen) atoms. The van der Waals surface area contributed by atoms with E-state index in [0.29, 0.717) is 45.1 Å². The summed E-state index contributed by atoms with van der Waals surface area (Å²) in [7, 11) is 4.60. The maximum absolute atomic E-state index is 15.2. The fourth-order valence-electron chi connectivity index (χ4n) is 9.28. The van der Waals surface area contributed by atoms with Crippen LogP contribution >= 0.6 is 0 Å². The van der Waals surface area contributed by atoms with Gasteiger partial charge in [-0.3, -0.25) is 19.8 Å².